The number of thioether (sulfide) groups is 1. The summed E-state index contributed by atoms with van der Waals surface area (Å²) in [5.41, 5.74) is 1.40. The Morgan fingerprint density at radius 2 is 1.94 bits per heavy atom. The molecule has 0 spiro atoms. The van der Waals surface area contributed by atoms with E-state index in [0.717, 1.165) is 35.7 Å². The van der Waals surface area contributed by atoms with E-state index in [1.165, 1.54) is 0 Å². The Bertz CT molecular complexity index is 422. The molecule has 0 unspecified atom stereocenters. The Hall–Kier alpha value is -0.940. The monoisotopic (exact) mass is 268 g/mol. The van der Waals surface area contributed by atoms with Crippen molar-refractivity contribution in [2.24, 2.45) is 0 Å². The number of aliphatic hydroxyl groups is 1. The lowest BCUT2D eigenvalue weighted by Crippen LogP contribution is -2.06. The van der Waals surface area contributed by atoms with Crippen LogP contribution in [0.3, 0.4) is 0 Å². The summed E-state index contributed by atoms with van der Waals surface area (Å²) in [6, 6.07) is 0. The summed E-state index contributed by atoms with van der Waals surface area (Å²) in [6.45, 7) is 5.49. The molecule has 4 nitrogen and oxygen atoms in total. The van der Waals surface area contributed by atoms with Crippen LogP contribution in [0.5, 0.6) is 0 Å². The first-order valence-corrected chi connectivity index (χ1v) is 7.14. The van der Waals surface area contributed by atoms with Crippen molar-refractivity contribution in [1.29, 1.82) is 0 Å². The Labute approximate surface area is 112 Å². The van der Waals surface area contributed by atoms with Crippen molar-refractivity contribution in [2.75, 3.05) is 12.4 Å². The van der Waals surface area contributed by atoms with Gasteiger partial charge in [-0.25, -0.2) is 9.97 Å². The molecule has 1 N–H and O–H groups in total. The molecule has 5 heteroatoms. The molecule has 0 aliphatic carbocycles. The highest BCUT2D eigenvalue weighted by atomic mass is 32.2. The van der Waals surface area contributed by atoms with Crippen molar-refractivity contribution in [3.63, 3.8) is 0 Å². The average molecular weight is 268 g/mol. The van der Waals surface area contributed by atoms with E-state index in [9.17, 15) is 4.79 Å². The predicted octanol–water partition coefficient (Wildman–Crippen LogP) is 2.55. The second-order valence-corrected chi connectivity index (χ2v) is 5.31. The number of Topliss-reactive ketones (excluding diaryl/α,β-unsaturated/α-hetero) is 1. The van der Waals surface area contributed by atoms with Gasteiger partial charge in [-0.2, -0.15) is 0 Å². The van der Waals surface area contributed by atoms with E-state index < -0.39 is 0 Å². The van der Waals surface area contributed by atoms with Gasteiger partial charge in [-0.3, -0.25) is 4.79 Å². The summed E-state index contributed by atoms with van der Waals surface area (Å²) < 4.78 is 0. The Morgan fingerprint density at radius 1 is 1.22 bits per heavy atom. The summed E-state index contributed by atoms with van der Waals surface area (Å²) in [5.74, 6) is 1.64. The third-order valence-electron chi connectivity index (χ3n) is 2.56. The van der Waals surface area contributed by atoms with Gasteiger partial charge in [0.15, 0.2) is 5.78 Å². The van der Waals surface area contributed by atoms with Crippen molar-refractivity contribution in [2.45, 2.75) is 45.1 Å². The number of hydrogen-bond donors (Lipinski definition) is 1. The smallest absolute Gasteiger partial charge is 0.164 e. The van der Waals surface area contributed by atoms with Gasteiger partial charge in [-0.15, -0.1) is 11.8 Å². The molecular formula is C13H20N2O2S. The van der Waals surface area contributed by atoms with E-state index in [1.807, 2.05) is 13.8 Å². The number of aliphatic hydroxyl groups excluding tert-OH is 1. The van der Waals surface area contributed by atoms with Crippen molar-refractivity contribution < 1.29 is 9.90 Å². The first kappa shape index (κ1) is 15.1. The fourth-order valence-electron chi connectivity index (χ4n) is 1.75. The first-order valence-electron chi connectivity index (χ1n) is 6.16. The Balaban J connectivity index is 2.71. The molecule has 18 heavy (non-hydrogen) atoms. The largest absolute Gasteiger partial charge is 0.396 e. The van der Waals surface area contributed by atoms with E-state index >= 15 is 0 Å². The minimum absolute atomic E-state index is 0.0189. The first-order chi connectivity index (χ1) is 8.56. The molecule has 0 aromatic carbocycles. The number of nitrogens with zero attached hydrogens (tertiary/aromatic N) is 2. The molecule has 1 aromatic heterocycles. The fourth-order valence-corrected chi connectivity index (χ4v) is 2.92. The zero-order valence-electron chi connectivity index (χ0n) is 11.2. The summed E-state index contributed by atoms with van der Waals surface area (Å²) in [5, 5.41) is 9.49. The molecule has 1 rings (SSSR count). The average Bonchev–Trinajstić information content (AvgIpc) is 2.27. The summed E-state index contributed by atoms with van der Waals surface area (Å²) in [6.07, 6.45) is 2.86. The number of carbonyl (C=O) groups excluding carboxylic acids is 1. The molecule has 0 aliphatic heterocycles. The van der Waals surface area contributed by atoms with Crippen LogP contribution in [-0.2, 0) is 0 Å². The molecule has 0 saturated heterocycles. The number of carbonyl (C=O) groups is 1. The zero-order valence-corrected chi connectivity index (χ0v) is 12.0. The van der Waals surface area contributed by atoms with Crippen LogP contribution < -0.4 is 0 Å². The van der Waals surface area contributed by atoms with Crippen molar-refractivity contribution in [3.8, 4) is 0 Å². The van der Waals surface area contributed by atoms with Gasteiger partial charge in [0.2, 0.25) is 0 Å². The highest BCUT2D eigenvalue weighted by Crippen LogP contribution is 2.24. The normalized spacial score (nSPS) is 10.7. The number of aryl methyl sites for hydroxylation is 2. The lowest BCUT2D eigenvalue weighted by molar-refractivity contribution is 0.101. The van der Waals surface area contributed by atoms with Gasteiger partial charge in [0.05, 0.1) is 11.3 Å². The molecule has 0 fully saturated rings. The fraction of sp³-hybridized carbons (Fsp3) is 0.615. The quantitative estimate of drug-likeness (QED) is 0.356. The molecule has 0 aliphatic rings. The Kier molecular flexibility index (Phi) is 6.29. The number of unbranched alkanes of at least 4 members (excludes halogenated alkanes) is 2. The van der Waals surface area contributed by atoms with Crippen LogP contribution in [-0.4, -0.2) is 33.2 Å². The van der Waals surface area contributed by atoms with Gasteiger partial charge >= 0.3 is 0 Å². The molecule has 0 radical (unpaired) electrons. The number of rotatable bonds is 7. The number of hydrogen-bond acceptors (Lipinski definition) is 5. The van der Waals surface area contributed by atoms with Gasteiger partial charge in [-0.05, 0) is 39.4 Å². The zero-order chi connectivity index (χ0) is 13.5. The predicted molar refractivity (Wildman–Crippen MR) is 73.2 cm³/mol. The molecule has 0 atom stereocenters. The van der Waals surface area contributed by atoms with E-state index in [4.69, 9.17) is 5.11 Å². The third-order valence-corrected chi connectivity index (χ3v) is 3.62. The SMILES string of the molecule is CC(=O)c1c(C)nc(C)nc1SCCCCCO. The second-order valence-electron chi connectivity index (χ2n) is 4.23. The number of aromatic nitrogens is 2. The lowest BCUT2D eigenvalue weighted by Gasteiger charge is -2.09. The lowest BCUT2D eigenvalue weighted by atomic mass is 10.2. The van der Waals surface area contributed by atoms with Crippen molar-refractivity contribution in [3.05, 3.63) is 17.1 Å². The van der Waals surface area contributed by atoms with Gasteiger partial charge in [-0.1, -0.05) is 6.42 Å². The van der Waals surface area contributed by atoms with Crippen LogP contribution in [0.2, 0.25) is 0 Å². The molecule has 1 aromatic rings. The van der Waals surface area contributed by atoms with Crippen LogP contribution >= 0.6 is 11.8 Å². The van der Waals surface area contributed by atoms with Gasteiger partial charge < -0.3 is 5.11 Å². The van der Waals surface area contributed by atoms with Gasteiger partial charge in [0, 0.05) is 6.61 Å². The van der Waals surface area contributed by atoms with Crippen molar-refractivity contribution in [1.82, 2.24) is 9.97 Å². The van der Waals surface area contributed by atoms with Crippen LogP contribution in [0.1, 0.15) is 48.1 Å². The van der Waals surface area contributed by atoms with Crippen molar-refractivity contribution >= 4 is 17.5 Å². The Morgan fingerprint density at radius 3 is 2.56 bits per heavy atom. The van der Waals surface area contributed by atoms with Gasteiger partial charge in [0.1, 0.15) is 10.9 Å². The molecule has 0 saturated carbocycles. The van der Waals surface area contributed by atoms with E-state index in [2.05, 4.69) is 9.97 Å². The van der Waals surface area contributed by atoms with Gasteiger partial charge in [0.25, 0.3) is 0 Å². The highest BCUT2D eigenvalue weighted by Gasteiger charge is 2.14. The summed E-state index contributed by atoms with van der Waals surface area (Å²) >= 11 is 1.60. The molecule has 0 amide bonds. The molecule has 0 bridgehead atoms. The standard InChI is InChI=1S/C13H20N2O2S/c1-9-12(10(2)17)13(15-11(3)14-9)18-8-6-4-5-7-16/h16H,4-8H2,1-3H3. The maximum Gasteiger partial charge on any atom is 0.164 e. The molecule has 100 valence electrons. The van der Waals surface area contributed by atoms with Crippen LogP contribution in [0.25, 0.3) is 0 Å². The highest BCUT2D eigenvalue weighted by molar-refractivity contribution is 7.99. The topological polar surface area (TPSA) is 63.1 Å². The van der Waals surface area contributed by atoms with E-state index in [0.29, 0.717) is 11.4 Å². The van der Waals surface area contributed by atoms with E-state index in [1.54, 1.807) is 18.7 Å². The summed E-state index contributed by atoms with van der Waals surface area (Å²) in [7, 11) is 0. The second kappa shape index (κ2) is 7.48. The minimum Gasteiger partial charge on any atom is -0.396 e. The van der Waals surface area contributed by atoms with Crippen LogP contribution in [0, 0.1) is 13.8 Å². The maximum absolute atomic E-state index is 11.6. The molecule has 1 heterocycles. The van der Waals surface area contributed by atoms with Crippen LogP contribution in [0.4, 0.5) is 0 Å². The van der Waals surface area contributed by atoms with E-state index in [-0.39, 0.29) is 12.4 Å². The molecular weight excluding hydrogens is 248 g/mol. The van der Waals surface area contributed by atoms with Crippen LogP contribution in [0.15, 0.2) is 5.03 Å². The summed E-state index contributed by atoms with van der Waals surface area (Å²) in [4.78, 5) is 20.2. The third kappa shape index (κ3) is 4.38. The maximum atomic E-state index is 11.6. The minimum atomic E-state index is 0.0189. The number of ketones is 1.